The van der Waals surface area contributed by atoms with Crippen molar-refractivity contribution in [3.05, 3.63) is 63.1 Å². The van der Waals surface area contributed by atoms with Gasteiger partial charge in [0.1, 0.15) is 5.75 Å². The van der Waals surface area contributed by atoms with Gasteiger partial charge in [-0.25, -0.2) is 0 Å². The Morgan fingerprint density at radius 3 is 2.62 bits per heavy atom. The molecule has 1 aliphatic heterocycles. The zero-order valence-corrected chi connectivity index (χ0v) is 14.7. The van der Waals surface area contributed by atoms with Crippen LogP contribution in [-0.2, 0) is 11.2 Å². The molecule has 1 aliphatic rings. The number of benzene rings is 2. The van der Waals surface area contributed by atoms with Crippen molar-refractivity contribution >= 4 is 29.1 Å². The second-order valence-electron chi connectivity index (χ2n) is 5.63. The number of methoxy groups -OCH3 is 1. The van der Waals surface area contributed by atoms with E-state index < -0.39 is 0 Å². The maximum atomic E-state index is 12.5. The van der Waals surface area contributed by atoms with Crippen LogP contribution in [0.1, 0.15) is 21.5 Å². The number of ether oxygens (including phenoxy) is 2. The van der Waals surface area contributed by atoms with Crippen molar-refractivity contribution in [2.45, 2.75) is 12.5 Å². The van der Waals surface area contributed by atoms with Crippen molar-refractivity contribution in [1.82, 2.24) is 5.32 Å². The van der Waals surface area contributed by atoms with E-state index in [1.165, 1.54) is 7.11 Å². The van der Waals surface area contributed by atoms with Gasteiger partial charge in [0.25, 0.3) is 5.91 Å². The van der Waals surface area contributed by atoms with Crippen LogP contribution in [0.3, 0.4) is 0 Å². The summed E-state index contributed by atoms with van der Waals surface area (Å²) in [5.74, 6) is 0.153. The number of rotatable bonds is 5. The van der Waals surface area contributed by atoms with Crippen LogP contribution >= 0.6 is 23.2 Å². The van der Waals surface area contributed by atoms with Crippen LogP contribution in [0.4, 0.5) is 0 Å². The summed E-state index contributed by atoms with van der Waals surface area (Å²) in [5, 5.41) is 3.99. The summed E-state index contributed by atoms with van der Waals surface area (Å²) < 4.78 is 10.4. The molecule has 0 aliphatic carbocycles. The highest BCUT2D eigenvalue weighted by molar-refractivity contribution is 6.33. The maximum absolute atomic E-state index is 12.5. The Hall–Kier alpha value is -1.75. The molecule has 126 valence electrons. The summed E-state index contributed by atoms with van der Waals surface area (Å²) in [5.41, 5.74) is 2.28. The van der Waals surface area contributed by atoms with Crippen LogP contribution in [0.5, 0.6) is 5.75 Å². The molecule has 0 bridgehead atoms. The van der Waals surface area contributed by atoms with Gasteiger partial charge in [0, 0.05) is 5.02 Å². The summed E-state index contributed by atoms with van der Waals surface area (Å²) in [4.78, 5) is 12.5. The van der Waals surface area contributed by atoms with E-state index in [0.29, 0.717) is 41.0 Å². The van der Waals surface area contributed by atoms with Gasteiger partial charge >= 0.3 is 0 Å². The Labute approximate surface area is 150 Å². The Morgan fingerprint density at radius 2 is 2.00 bits per heavy atom. The lowest BCUT2D eigenvalue weighted by molar-refractivity contribution is -0.00350. The monoisotopic (exact) mass is 365 g/mol. The molecule has 0 radical (unpaired) electrons. The van der Waals surface area contributed by atoms with Gasteiger partial charge in [0.15, 0.2) is 0 Å². The second-order valence-corrected chi connectivity index (χ2v) is 6.45. The van der Waals surface area contributed by atoms with Crippen LogP contribution in [-0.4, -0.2) is 32.3 Å². The van der Waals surface area contributed by atoms with Crippen LogP contribution in [0.15, 0.2) is 36.4 Å². The average molecular weight is 366 g/mol. The lowest BCUT2D eigenvalue weighted by atomic mass is 10.0. The smallest absolute Gasteiger partial charge is 0.255 e. The fourth-order valence-corrected chi connectivity index (χ4v) is 3.09. The molecule has 0 saturated carbocycles. The molecule has 1 N–H and O–H groups in total. The Balaban J connectivity index is 1.90. The van der Waals surface area contributed by atoms with Crippen LogP contribution in [0.25, 0.3) is 0 Å². The van der Waals surface area contributed by atoms with E-state index in [0.717, 1.165) is 11.1 Å². The molecule has 0 unspecified atom stereocenters. The predicted octanol–water partition coefficient (Wildman–Crippen LogP) is 3.72. The van der Waals surface area contributed by atoms with Gasteiger partial charge in [-0.2, -0.15) is 0 Å². The normalized spacial score (nSPS) is 14.1. The van der Waals surface area contributed by atoms with E-state index in [-0.39, 0.29) is 11.9 Å². The van der Waals surface area contributed by atoms with Gasteiger partial charge in [0.2, 0.25) is 0 Å². The third kappa shape index (κ3) is 3.66. The van der Waals surface area contributed by atoms with Crippen molar-refractivity contribution in [2.75, 3.05) is 20.3 Å². The van der Waals surface area contributed by atoms with Crippen molar-refractivity contribution in [3.63, 3.8) is 0 Å². The Morgan fingerprint density at radius 1 is 1.25 bits per heavy atom. The number of halogens is 2. The molecule has 2 aromatic rings. The number of hydrogen-bond donors (Lipinski definition) is 1. The topological polar surface area (TPSA) is 47.6 Å². The number of carbonyl (C=O) groups excluding carboxylic acids is 1. The zero-order chi connectivity index (χ0) is 17.1. The molecular formula is C18H17Cl2NO3. The number of carbonyl (C=O) groups is 1. The first kappa shape index (κ1) is 17.1. The third-order valence-electron chi connectivity index (χ3n) is 3.88. The van der Waals surface area contributed by atoms with Gasteiger partial charge in [-0.15, -0.1) is 0 Å². The molecule has 4 nitrogen and oxygen atoms in total. The fourth-order valence-electron chi connectivity index (χ4n) is 2.57. The predicted molar refractivity (Wildman–Crippen MR) is 94.3 cm³/mol. The van der Waals surface area contributed by atoms with Gasteiger partial charge in [-0.3, -0.25) is 4.79 Å². The number of amides is 1. The first-order chi connectivity index (χ1) is 11.6. The Kier molecular flexibility index (Phi) is 5.29. The lowest BCUT2D eigenvalue weighted by Gasteiger charge is -2.27. The van der Waals surface area contributed by atoms with Crippen molar-refractivity contribution in [3.8, 4) is 5.75 Å². The summed E-state index contributed by atoms with van der Waals surface area (Å²) >= 11 is 12.5. The molecule has 0 aromatic heterocycles. The molecule has 1 heterocycles. The van der Waals surface area contributed by atoms with E-state index in [2.05, 4.69) is 5.32 Å². The van der Waals surface area contributed by atoms with E-state index >= 15 is 0 Å². The quantitative estimate of drug-likeness (QED) is 0.878. The minimum Gasteiger partial charge on any atom is -0.494 e. The molecule has 24 heavy (non-hydrogen) atoms. The Bertz CT molecular complexity index is 760. The third-order valence-corrected chi connectivity index (χ3v) is 4.53. The fraction of sp³-hybridized carbons (Fsp3) is 0.278. The molecule has 0 spiro atoms. The maximum Gasteiger partial charge on any atom is 0.255 e. The second kappa shape index (κ2) is 7.43. The molecule has 0 atom stereocenters. The van der Waals surface area contributed by atoms with Gasteiger partial charge in [-0.1, -0.05) is 41.4 Å². The van der Waals surface area contributed by atoms with Gasteiger partial charge in [-0.05, 0) is 35.7 Å². The first-order valence-corrected chi connectivity index (χ1v) is 8.32. The van der Waals surface area contributed by atoms with Crippen LogP contribution in [0.2, 0.25) is 10.0 Å². The highest BCUT2D eigenvalue weighted by Crippen LogP contribution is 2.32. The molecule has 6 heteroatoms. The standard InChI is InChI=1S/C18H17Cl2NO3/c1-23-17-14(18(22)21-13-9-24-10-13)7-11(8-16(17)20)6-12-4-2-3-5-15(12)19/h2-5,7-8,13H,6,9-10H2,1H3,(H,21,22). The lowest BCUT2D eigenvalue weighted by Crippen LogP contribution is -2.48. The average Bonchev–Trinajstić information content (AvgIpc) is 2.52. The summed E-state index contributed by atoms with van der Waals surface area (Å²) in [6.07, 6.45) is 0.580. The summed E-state index contributed by atoms with van der Waals surface area (Å²) in [6.45, 7) is 1.06. The molecule has 1 amide bonds. The largest absolute Gasteiger partial charge is 0.494 e. The molecule has 3 rings (SSSR count). The highest BCUT2D eigenvalue weighted by atomic mass is 35.5. The number of nitrogens with one attached hydrogen (secondary N) is 1. The van der Waals surface area contributed by atoms with Crippen molar-refractivity contribution in [2.24, 2.45) is 0 Å². The van der Waals surface area contributed by atoms with E-state index in [1.807, 2.05) is 24.3 Å². The number of hydrogen-bond acceptors (Lipinski definition) is 3. The van der Waals surface area contributed by atoms with Gasteiger partial charge in [0.05, 0.1) is 37.0 Å². The van der Waals surface area contributed by atoms with E-state index in [1.54, 1.807) is 12.1 Å². The SMILES string of the molecule is COc1c(Cl)cc(Cc2ccccc2Cl)cc1C(=O)NC1COC1. The first-order valence-electron chi connectivity index (χ1n) is 7.57. The van der Waals surface area contributed by atoms with Gasteiger partial charge < -0.3 is 14.8 Å². The molecule has 2 aromatic carbocycles. The molecular weight excluding hydrogens is 349 g/mol. The molecule has 1 fully saturated rings. The van der Waals surface area contributed by atoms with Crippen molar-refractivity contribution in [1.29, 1.82) is 0 Å². The summed E-state index contributed by atoms with van der Waals surface area (Å²) in [6, 6.07) is 11.2. The van der Waals surface area contributed by atoms with Crippen LogP contribution < -0.4 is 10.1 Å². The zero-order valence-electron chi connectivity index (χ0n) is 13.1. The molecule has 1 saturated heterocycles. The van der Waals surface area contributed by atoms with Crippen molar-refractivity contribution < 1.29 is 14.3 Å². The minimum atomic E-state index is -0.219. The van der Waals surface area contributed by atoms with E-state index in [4.69, 9.17) is 32.7 Å². The highest BCUT2D eigenvalue weighted by Gasteiger charge is 2.24. The summed E-state index contributed by atoms with van der Waals surface area (Å²) in [7, 11) is 1.50. The van der Waals surface area contributed by atoms with Crippen LogP contribution in [0, 0.1) is 0 Å². The minimum absolute atomic E-state index is 0.0354. The van der Waals surface area contributed by atoms with E-state index in [9.17, 15) is 4.79 Å².